The monoisotopic (exact) mass is 346 g/mol. The summed E-state index contributed by atoms with van der Waals surface area (Å²) in [7, 11) is 1.23. The van der Waals surface area contributed by atoms with Gasteiger partial charge in [-0.15, -0.1) is 0 Å². The molecule has 0 N–H and O–H groups in total. The molecule has 25 heavy (non-hydrogen) atoms. The van der Waals surface area contributed by atoms with E-state index in [1.165, 1.54) is 12.2 Å². The van der Waals surface area contributed by atoms with Crippen molar-refractivity contribution < 1.29 is 14.4 Å². The second-order valence-electron chi connectivity index (χ2n) is 7.50. The Morgan fingerprint density at radius 2 is 1.64 bits per heavy atom. The van der Waals surface area contributed by atoms with Gasteiger partial charge >= 0.3 is 5.97 Å². The highest BCUT2D eigenvalue weighted by atomic mass is 16.7. The fraction of sp³-hybridized carbons (Fsp3) is 0.778. The Kier molecular flexibility index (Phi) is 6.54. The number of carbonyl (C=O) groups excluding carboxylic acids is 1. The number of hydrogen-bond donors (Lipinski definition) is 0. The Bertz CT molecular complexity index is 616. The lowest BCUT2D eigenvalue weighted by Gasteiger charge is -2.47. The second-order valence-corrected chi connectivity index (χ2v) is 7.50. The maximum atomic E-state index is 12.5. The third-order valence-electron chi connectivity index (χ3n) is 4.54. The van der Waals surface area contributed by atoms with E-state index in [2.05, 4.69) is 12.1 Å². The van der Waals surface area contributed by atoms with Crippen LogP contribution in [0, 0.1) is 39.4 Å². The number of nitrogens with zero attached hydrogens (tertiary/aromatic N) is 4. The topological polar surface area (TPSA) is 110 Å². The molecule has 0 radical (unpaired) electrons. The second kappa shape index (κ2) is 7.83. The molecule has 0 aromatic heterocycles. The summed E-state index contributed by atoms with van der Waals surface area (Å²) in [5.74, 6) is -0.666. The zero-order chi connectivity index (χ0) is 19.3. The summed E-state index contributed by atoms with van der Waals surface area (Å²) >= 11 is 0. The van der Waals surface area contributed by atoms with Gasteiger partial charge < -0.3 is 4.74 Å². The van der Waals surface area contributed by atoms with Gasteiger partial charge in [0, 0.05) is 0 Å². The fourth-order valence-corrected chi connectivity index (χ4v) is 3.03. The highest BCUT2D eigenvalue weighted by Crippen LogP contribution is 2.40. The van der Waals surface area contributed by atoms with Crippen molar-refractivity contribution >= 4 is 5.97 Å². The Balaban J connectivity index is 3.52. The van der Waals surface area contributed by atoms with Gasteiger partial charge in [0.05, 0.1) is 30.7 Å². The van der Waals surface area contributed by atoms with E-state index in [-0.39, 0.29) is 0 Å². The van der Waals surface area contributed by atoms with E-state index < -0.39 is 28.6 Å². The lowest BCUT2D eigenvalue weighted by Crippen LogP contribution is -2.62. The standard InChI is InChI=1S/C18H26N4O3/c1-16(2,11-19)14(15(23)24-5)22(25-17(3,4)12-20)18(13-21)9-7-6-8-10-18/h14H,6-10H2,1-5H3. The molecule has 1 atom stereocenters. The van der Waals surface area contributed by atoms with Crippen LogP contribution in [0.3, 0.4) is 0 Å². The van der Waals surface area contributed by atoms with Gasteiger partial charge in [-0.25, -0.2) is 0 Å². The zero-order valence-electron chi connectivity index (χ0n) is 15.6. The first-order valence-corrected chi connectivity index (χ1v) is 8.39. The van der Waals surface area contributed by atoms with Crippen molar-refractivity contribution in [3.05, 3.63) is 0 Å². The number of hydroxylamine groups is 2. The predicted molar refractivity (Wildman–Crippen MR) is 89.2 cm³/mol. The molecule has 0 spiro atoms. The molecule has 0 aromatic carbocycles. The van der Waals surface area contributed by atoms with Crippen LogP contribution in [-0.2, 0) is 14.4 Å². The number of nitriles is 3. The molecule has 136 valence electrons. The van der Waals surface area contributed by atoms with Crippen molar-refractivity contribution in [2.24, 2.45) is 5.41 Å². The van der Waals surface area contributed by atoms with Gasteiger partial charge in [-0.3, -0.25) is 9.63 Å². The van der Waals surface area contributed by atoms with E-state index in [0.717, 1.165) is 19.3 Å². The SMILES string of the molecule is COC(=O)C(N(OC(C)(C)C#N)C1(C#N)CCCCC1)C(C)(C)C#N. The maximum absolute atomic E-state index is 12.5. The van der Waals surface area contributed by atoms with Gasteiger partial charge in [0.1, 0.15) is 5.54 Å². The van der Waals surface area contributed by atoms with Gasteiger partial charge in [-0.2, -0.15) is 20.8 Å². The van der Waals surface area contributed by atoms with Crippen LogP contribution < -0.4 is 0 Å². The van der Waals surface area contributed by atoms with Crippen LogP contribution in [0.2, 0.25) is 0 Å². The molecule has 7 nitrogen and oxygen atoms in total. The van der Waals surface area contributed by atoms with Gasteiger partial charge in [0.15, 0.2) is 11.6 Å². The van der Waals surface area contributed by atoms with Crippen molar-refractivity contribution in [2.45, 2.75) is 77.0 Å². The van der Waals surface area contributed by atoms with Crippen LogP contribution in [-0.4, -0.2) is 35.3 Å². The third-order valence-corrected chi connectivity index (χ3v) is 4.54. The van der Waals surface area contributed by atoms with Crippen LogP contribution in [0.15, 0.2) is 0 Å². The molecule has 0 aromatic rings. The Morgan fingerprint density at radius 3 is 2.04 bits per heavy atom. The smallest absolute Gasteiger partial charge is 0.327 e. The van der Waals surface area contributed by atoms with Crippen LogP contribution in [0.5, 0.6) is 0 Å². The van der Waals surface area contributed by atoms with E-state index in [1.807, 2.05) is 6.07 Å². The summed E-state index contributed by atoms with van der Waals surface area (Å²) in [6, 6.07) is 5.29. The van der Waals surface area contributed by atoms with E-state index in [0.29, 0.717) is 12.8 Å². The summed E-state index contributed by atoms with van der Waals surface area (Å²) in [5.41, 5.74) is -3.53. The molecule has 0 aliphatic heterocycles. The molecule has 0 saturated heterocycles. The minimum Gasteiger partial charge on any atom is -0.468 e. The Labute approximate surface area is 149 Å². The number of esters is 1. The van der Waals surface area contributed by atoms with Gasteiger partial charge in [0.25, 0.3) is 0 Å². The highest BCUT2D eigenvalue weighted by Gasteiger charge is 2.53. The normalized spacial score (nSPS) is 18.5. The minimum atomic E-state index is -1.26. The summed E-state index contributed by atoms with van der Waals surface area (Å²) < 4.78 is 4.91. The highest BCUT2D eigenvalue weighted by molar-refractivity contribution is 5.77. The molecular weight excluding hydrogens is 320 g/mol. The van der Waals surface area contributed by atoms with Gasteiger partial charge in [-0.1, -0.05) is 19.3 Å². The van der Waals surface area contributed by atoms with Crippen molar-refractivity contribution in [2.75, 3.05) is 7.11 Å². The number of rotatable bonds is 6. The molecule has 0 heterocycles. The van der Waals surface area contributed by atoms with Crippen molar-refractivity contribution in [3.8, 4) is 18.2 Å². The fourth-order valence-electron chi connectivity index (χ4n) is 3.03. The van der Waals surface area contributed by atoms with Crippen molar-refractivity contribution in [1.82, 2.24) is 5.06 Å². The first kappa shape index (κ1) is 20.9. The molecular formula is C18H26N4O3. The van der Waals surface area contributed by atoms with Crippen LogP contribution in [0.4, 0.5) is 0 Å². The van der Waals surface area contributed by atoms with E-state index in [9.17, 15) is 20.6 Å². The summed E-state index contributed by atoms with van der Waals surface area (Å²) in [4.78, 5) is 18.4. The molecule has 7 heteroatoms. The lowest BCUT2D eigenvalue weighted by atomic mass is 9.78. The third kappa shape index (κ3) is 4.48. The van der Waals surface area contributed by atoms with Crippen molar-refractivity contribution in [1.29, 1.82) is 15.8 Å². The first-order chi connectivity index (χ1) is 11.6. The molecule has 1 unspecified atom stereocenters. The maximum Gasteiger partial charge on any atom is 0.327 e. The summed E-state index contributed by atoms with van der Waals surface area (Å²) in [5, 5.41) is 30.2. The molecule has 1 aliphatic carbocycles. The molecule has 1 rings (SSSR count). The molecule has 0 bridgehead atoms. The Morgan fingerprint density at radius 1 is 1.08 bits per heavy atom. The number of ether oxygens (including phenoxy) is 1. The van der Waals surface area contributed by atoms with Crippen molar-refractivity contribution in [3.63, 3.8) is 0 Å². The van der Waals surface area contributed by atoms with Gasteiger partial charge in [-0.05, 0) is 40.5 Å². The quantitative estimate of drug-likeness (QED) is 0.537. The zero-order valence-corrected chi connectivity index (χ0v) is 15.6. The largest absolute Gasteiger partial charge is 0.468 e. The van der Waals surface area contributed by atoms with Crippen LogP contribution in [0.1, 0.15) is 59.8 Å². The molecule has 1 fully saturated rings. The number of hydrogen-bond acceptors (Lipinski definition) is 7. The van der Waals surface area contributed by atoms with E-state index in [1.54, 1.807) is 27.7 Å². The number of methoxy groups -OCH3 is 1. The molecule has 0 amide bonds. The molecule has 1 saturated carbocycles. The number of carbonyl (C=O) groups is 1. The van der Waals surface area contributed by atoms with Gasteiger partial charge in [0.2, 0.25) is 0 Å². The summed E-state index contributed by atoms with van der Waals surface area (Å²) in [6.07, 6.45) is 3.60. The van der Waals surface area contributed by atoms with Crippen LogP contribution in [0.25, 0.3) is 0 Å². The minimum absolute atomic E-state index is 0.500. The van der Waals surface area contributed by atoms with E-state index >= 15 is 0 Å². The lowest BCUT2D eigenvalue weighted by molar-refractivity contribution is -0.290. The molecule has 1 aliphatic rings. The average Bonchev–Trinajstić information content (AvgIpc) is 2.61. The Hall–Kier alpha value is -2.14. The average molecular weight is 346 g/mol. The van der Waals surface area contributed by atoms with E-state index in [4.69, 9.17) is 9.57 Å². The predicted octanol–water partition coefficient (Wildman–Crippen LogP) is 2.84. The van der Waals surface area contributed by atoms with Crippen LogP contribution >= 0.6 is 0 Å². The first-order valence-electron chi connectivity index (χ1n) is 8.39. The summed E-state index contributed by atoms with van der Waals surface area (Å²) in [6.45, 7) is 6.31.